The number of furan rings is 1. The number of hydrogen-bond acceptors (Lipinski definition) is 5. The molecule has 2 fully saturated rings. The Bertz CT molecular complexity index is 760. The lowest BCUT2D eigenvalue weighted by atomic mass is 9.89. The van der Waals surface area contributed by atoms with Crippen LogP contribution in [0.1, 0.15) is 41.1 Å². The Morgan fingerprint density at radius 3 is 3.12 bits per heavy atom. The number of nitrogens with zero attached hydrogens (tertiary/aromatic N) is 2. The Kier molecular flexibility index (Phi) is 4.78. The summed E-state index contributed by atoms with van der Waals surface area (Å²) in [6.07, 6.45) is 6.10. The number of ether oxygens (including phenoxy) is 2. The second-order valence-corrected chi connectivity index (χ2v) is 7.17. The van der Waals surface area contributed by atoms with Crippen molar-refractivity contribution in [3.63, 3.8) is 0 Å². The average molecular weight is 356 g/mol. The Hall–Kier alpha value is -2.18. The van der Waals surface area contributed by atoms with Gasteiger partial charge in [0, 0.05) is 19.2 Å². The van der Waals surface area contributed by atoms with E-state index in [-0.39, 0.29) is 17.6 Å². The van der Waals surface area contributed by atoms with Crippen LogP contribution >= 0.6 is 0 Å². The number of rotatable bonds is 4. The van der Waals surface area contributed by atoms with Crippen molar-refractivity contribution in [2.24, 2.45) is 0 Å². The zero-order valence-corrected chi connectivity index (χ0v) is 15.0. The highest BCUT2D eigenvalue weighted by molar-refractivity contribution is 5.95. The van der Waals surface area contributed by atoms with Gasteiger partial charge in [0.2, 0.25) is 0 Å². The number of pyridine rings is 1. The van der Waals surface area contributed by atoms with Crippen LogP contribution in [0.5, 0.6) is 0 Å². The maximum Gasteiger partial charge on any atom is 0.257 e. The molecule has 2 aliphatic heterocycles. The predicted molar refractivity (Wildman–Crippen MR) is 94.7 cm³/mol. The molecular weight excluding hydrogens is 332 g/mol. The van der Waals surface area contributed by atoms with Crippen molar-refractivity contribution in [2.45, 2.75) is 44.5 Å². The minimum absolute atomic E-state index is 0.0248. The van der Waals surface area contributed by atoms with Gasteiger partial charge in [-0.15, -0.1) is 0 Å². The van der Waals surface area contributed by atoms with Gasteiger partial charge in [-0.2, -0.15) is 0 Å². The van der Waals surface area contributed by atoms with Gasteiger partial charge in [-0.05, 0) is 38.0 Å². The third-order valence-electron chi connectivity index (χ3n) is 5.28. The molecule has 0 aliphatic carbocycles. The third kappa shape index (κ3) is 3.52. The van der Waals surface area contributed by atoms with Gasteiger partial charge in [-0.25, -0.2) is 0 Å². The summed E-state index contributed by atoms with van der Waals surface area (Å²) >= 11 is 0. The summed E-state index contributed by atoms with van der Waals surface area (Å²) in [5.74, 6) is 0.690. The molecule has 6 nitrogen and oxygen atoms in total. The first-order valence-electron chi connectivity index (χ1n) is 9.14. The van der Waals surface area contributed by atoms with Crippen molar-refractivity contribution >= 4 is 5.91 Å². The summed E-state index contributed by atoms with van der Waals surface area (Å²) in [6.45, 7) is 4.25. The molecule has 2 atom stereocenters. The zero-order chi connectivity index (χ0) is 18.0. The molecule has 26 heavy (non-hydrogen) atoms. The molecule has 138 valence electrons. The molecule has 0 N–H and O–H groups in total. The van der Waals surface area contributed by atoms with E-state index in [1.807, 2.05) is 30.0 Å². The number of carbonyl (C=O) groups excluding carboxylic acids is 1. The molecule has 0 radical (unpaired) electrons. The fraction of sp³-hybridized carbons (Fsp3) is 0.500. The summed E-state index contributed by atoms with van der Waals surface area (Å²) < 4.78 is 17.4. The standard InChI is InChI=1S/C20H24N2O4/c1-15-18(6-10-24-15)19(23)22-9-4-7-20(14-22)11-17(13-26-20)25-12-16-5-2-3-8-21-16/h2-3,5-6,8,10,17H,4,7,9,11-14H2,1H3/t17-,20-/m0/s1. The van der Waals surface area contributed by atoms with Gasteiger partial charge in [0.1, 0.15) is 5.76 Å². The second-order valence-electron chi connectivity index (χ2n) is 7.17. The van der Waals surface area contributed by atoms with Crippen LogP contribution in [0.2, 0.25) is 0 Å². The number of aryl methyl sites for hydroxylation is 1. The molecule has 2 aliphatic rings. The highest BCUT2D eigenvalue weighted by Crippen LogP contribution is 2.36. The van der Waals surface area contributed by atoms with Gasteiger partial charge in [0.05, 0.1) is 49.0 Å². The number of aromatic nitrogens is 1. The molecular formula is C20H24N2O4. The van der Waals surface area contributed by atoms with Crippen LogP contribution in [0.25, 0.3) is 0 Å². The predicted octanol–water partition coefficient (Wildman–Crippen LogP) is 2.96. The monoisotopic (exact) mass is 356 g/mol. The molecule has 4 heterocycles. The number of amides is 1. The highest BCUT2D eigenvalue weighted by Gasteiger charge is 2.45. The number of piperidine rings is 1. The molecule has 0 aromatic carbocycles. The lowest BCUT2D eigenvalue weighted by molar-refractivity contribution is -0.0467. The summed E-state index contributed by atoms with van der Waals surface area (Å²) in [4.78, 5) is 19.0. The molecule has 2 aromatic heterocycles. The minimum Gasteiger partial charge on any atom is -0.469 e. The van der Waals surface area contributed by atoms with Crippen LogP contribution in [0.4, 0.5) is 0 Å². The van der Waals surface area contributed by atoms with Gasteiger partial charge in [-0.3, -0.25) is 9.78 Å². The lowest BCUT2D eigenvalue weighted by Gasteiger charge is -2.39. The molecule has 1 amide bonds. The summed E-state index contributed by atoms with van der Waals surface area (Å²) in [7, 11) is 0. The van der Waals surface area contributed by atoms with E-state index >= 15 is 0 Å². The van der Waals surface area contributed by atoms with Crippen LogP contribution in [0.3, 0.4) is 0 Å². The first kappa shape index (κ1) is 17.2. The van der Waals surface area contributed by atoms with Crippen molar-refractivity contribution in [2.75, 3.05) is 19.7 Å². The molecule has 4 rings (SSSR count). The normalized spacial score (nSPS) is 25.7. The van der Waals surface area contributed by atoms with Gasteiger partial charge in [0.15, 0.2) is 0 Å². The van der Waals surface area contributed by atoms with E-state index in [4.69, 9.17) is 13.9 Å². The number of carbonyl (C=O) groups is 1. The summed E-state index contributed by atoms with van der Waals surface area (Å²) in [5.41, 5.74) is 1.27. The molecule has 0 unspecified atom stereocenters. The van der Waals surface area contributed by atoms with Gasteiger partial charge >= 0.3 is 0 Å². The highest BCUT2D eigenvalue weighted by atomic mass is 16.6. The van der Waals surface area contributed by atoms with Crippen LogP contribution in [0.15, 0.2) is 41.1 Å². The van der Waals surface area contributed by atoms with E-state index in [1.165, 1.54) is 0 Å². The summed E-state index contributed by atoms with van der Waals surface area (Å²) in [6, 6.07) is 7.56. The topological polar surface area (TPSA) is 64.8 Å². The maximum absolute atomic E-state index is 12.8. The Balaban J connectivity index is 1.36. The van der Waals surface area contributed by atoms with E-state index in [9.17, 15) is 4.79 Å². The molecule has 2 saturated heterocycles. The molecule has 2 aromatic rings. The first-order chi connectivity index (χ1) is 12.7. The Labute approximate surface area is 153 Å². The van der Waals surface area contributed by atoms with Crippen molar-refractivity contribution in [1.29, 1.82) is 0 Å². The quantitative estimate of drug-likeness (QED) is 0.843. The number of likely N-dealkylation sites (tertiary alicyclic amines) is 1. The van der Waals surface area contributed by atoms with Gasteiger partial charge in [-0.1, -0.05) is 6.07 Å². The zero-order valence-electron chi connectivity index (χ0n) is 15.0. The van der Waals surface area contributed by atoms with E-state index in [2.05, 4.69) is 4.98 Å². The first-order valence-corrected chi connectivity index (χ1v) is 9.14. The smallest absolute Gasteiger partial charge is 0.257 e. The van der Waals surface area contributed by atoms with E-state index in [0.717, 1.165) is 31.5 Å². The van der Waals surface area contributed by atoms with Crippen LogP contribution in [-0.2, 0) is 16.1 Å². The Morgan fingerprint density at radius 1 is 1.42 bits per heavy atom. The van der Waals surface area contributed by atoms with Crippen molar-refractivity contribution in [3.8, 4) is 0 Å². The fourth-order valence-corrected chi connectivity index (χ4v) is 3.93. The summed E-state index contributed by atoms with van der Waals surface area (Å²) in [5, 5.41) is 0. The third-order valence-corrected chi connectivity index (χ3v) is 5.28. The van der Waals surface area contributed by atoms with Crippen LogP contribution in [-0.4, -0.2) is 47.2 Å². The minimum atomic E-state index is -0.291. The Morgan fingerprint density at radius 2 is 2.35 bits per heavy atom. The average Bonchev–Trinajstić information content (AvgIpc) is 3.27. The lowest BCUT2D eigenvalue weighted by Crippen LogP contribution is -2.50. The van der Waals surface area contributed by atoms with Crippen molar-refractivity contribution in [3.05, 3.63) is 53.7 Å². The van der Waals surface area contributed by atoms with Crippen LogP contribution < -0.4 is 0 Å². The van der Waals surface area contributed by atoms with Gasteiger partial charge in [0.25, 0.3) is 5.91 Å². The van der Waals surface area contributed by atoms with E-state index in [1.54, 1.807) is 18.5 Å². The van der Waals surface area contributed by atoms with E-state index in [0.29, 0.717) is 31.1 Å². The number of hydrogen-bond donors (Lipinski definition) is 0. The second kappa shape index (κ2) is 7.21. The maximum atomic E-state index is 12.8. The SMILES string of the molecule is Cc1occc1C(=O)N1CCC[C@]2(C[C@H](OCc3ccccn3)CO2)C1. The van der Waals surface area contributed by atoms with Crippen molar-refractivity contribution < 1.29 is 18.7 Å². The molecule has 0 saturated carbocycles. The molecule has 6 heteroatoms. The van der Waals surface area contributed by atoms with E-state index < -0.39 is 0 Å². The van der Waals surface area contributed by atoms with Gasteiger partial charge < -0.3 is 18.8 Å². The molecule has 0 bridgehead atoms. The largest absolute Gasteiger partial charge is 0.469 e. The molecule has 1 spiro atoms. The van der Waals surface area contributed by atoms with Crippen molar-refractivity contribution in [1.82, 2.24) is 9.88 Å². The van der Waals surface area contributed by atoms with Crippen LogP contribution in [0, 0.1) is 6.92 Å². The fourth-order valence-electron chi connectivity index (χ4n) is 3.93.